The molecule has 1 atom stereocenters. The summed E-state index contributed by atoms with van der Waals surface area (Å²) in [6.07, 6.45) is 6.35. The van der Waals surface area contributed by atoms with E-state index < -0.39 is 0 Å². The van der Waals surface area contributed by atoms with Crippen LogP contribution in [0.2, 0.25) is 0 Å². The van der Waals surface area contributed by atoms with E-state index in [1.807, 2.05) is 7.11 Å². The Kier molecular flexibility index (Phi) is 4.81. The maximum Gasteiger partial charge on any atom is 0.0623 e. The van der Waals surface area contributed by atoms with E-state index in [9.17, 15) is 0 Å². The minimum Gasteiger partial charge on any atom is -0.379 e. The molecule has 0 aromatic heterocycles. The van der Waals surface area contributed by atoms with Crippen LogP contribution < -0.4 is 5.32 Å². The number of nitrogens with one attached hydrogen (secondary N) is 1. The quantitative estimate of drug-likeness (QED) is 0.751. The zero-order valence-electron chi connectivity index (χ0n) is 11.7. The molecular weight excluding hydrogens is 198 g/mol. The molecule has 1 heterocycles. The van der Waals surface area contributed by atoms with Crippen LogP contribution in [-0.2, 0) is 4.74 Å². The van der Waals surface area contributed by atoms with E-state index in [4.69, 9.17) is 4.74 Å². The van der Waals surface area contributed by atoms with Gasteiger partial charge in [0, 0.05) is 12.6 Å². The van der Waals surface area contributed by atoms with Gasteiger partial charge in [0.05, 0.1) is 5.60 Å². The van der Waals surface area contributed by atoms with Gasteiger partial charge in [0.25, 0.3) is 0 Å². The van der Waals surface area contributed by atoms with Gasteiger partial charge in [0.1, 0.15) is 0 Å². The topological polar surface area (TPSA) is 21.3 Å². The number of hydrogen-bond donors (Lipinski definition) is 1. The summed E-state index contributed by atoms with van der Waals surface area (Å²) in [6.45, 7) is 10.2. The van der Waals surface area contributed by atoms with Crippen LogP contribution in [0.3, 0.4) is 0 Å². The lowest BCUT2D eigenvalue weighted by Crippen LogP contribution is -2.42. The third-order valence-electron chi connectivity index (χ3n) is 3.89. The minimum absolute atomic E-state index is 0.0221. The van der Waals surface area contributed by atoms with E-state index in [0.717, 1.165) is 12.3 Å². The molecule has 2 nitrogen and oxygen atoms in total. The van der Waals surface area contributed by atoms with Crippen LogP contribution in [0.1, 0.15) is 59.8 Å². The fourth-order valence-electron chi connectivity index (χ4n) is 2.78. The molecule has 0 aromatic rings. The highest BCUT2D eigenvalue weighted by Gasteiger charge is 2.35. The fraction of sp³-hybridized carbons (Fsp3) is 1.00. The zero-order valence-corrected chi connectivity index (χ0v) is 11.7. The summed E-state index contributed by atoms with van der Waals surface area (Å²) in [5, 5.41) is 3.74. The van der Waals surface area contributed by atoms with Crippen molar-refractivity contribution in [1.29, 1.82) is 0 Å². The SMILES string of the molecule is COC(C)(C)CCC1(CC(C)C)CCCN1. The van der Waals surface area contributed by atoms with Crippen molar-refractivity contribution in [2.24, 2.45) is 5.92 Å². The van der Waals surface area contributed by atoms with Crippen molar-refractivity contribution in [1.82, 2.24) is 5.32 Å². The first-order chi connectivity index (χ1) is 7.39. The van der Waals surface area contributed by atoms with Crippen LogP contribution in [0.25, 0.3) is 0 Å². The maximum absolute atomic E-state index is 5.52. The molecule has 0 aromatic carbocycles. The number of hydrogen-bond acceptors (Lipinski definition) is 2. The Hall–Kier alpha value is -0.0800. The average Bonchev–Trinajstić information content (AvgIpc) is 2.64. The number of methoxy groups -OCH3 is 1. The largest absolute Gasteiger partial charge is 0.379 e. The molecule has 1 aliphatic rings. The van der Waals surface area contributed by atoms with Crippen LogP contribution >= 0.6 is 0 Å². The molecule has 1 unspecified atom stereocenters. The molecule has 96 valence electrons. The monoisotopic (exact) mass is 227 g/mol. The average molecular weight is 227 g/mol. The molecule has 0 bridgehead atoms. The molecule has 1 aliphatic heterocycles. The molecule has 0 saturated carbocycles. The first kappa shape index (κ1) is 14.0. The molecule has 1 N–H and O–H groups in total. The van der Waals surface area contributed by atoms with Gasteiger partial charge >= 0.3 is 0 Å². The predicted molar refractivity (Wildman–Crippen MR) is 69.7 cm³/mol. The van der Waals surface area contributed by atoms with Gasteiger partial charge in [0.15, 0.2) is 0 Å². The third kappa shape index (κ3) is 4.06. The van der Waals surface area contributed by atoms with E-state index in [1.165, 1.54) is 32.2 Å². The van der Waals surface area contributed by atoms with Crippen molar-refractivity contribution in [3.05, 3.63) is 0 Å². The van der Waals surface area contributed by atoms with Gasteiger partial charge in [-0.2, -0.15) is 0 Å². The Labute approximate surface area is 101 Å². The summed E-state index contributed by atoms with van der Waals surface area (Å²) < 4.78 is 5.52. The highest BCUT2D eigenvalue weighted by molar-refractivity contribution is 4.94. The van der Waals surface area contributed by atoms with Gasteiger partial charge in [-0.05, 0) is 58.4 Å². The summed E-state index contributed by atoms with van der Waals surface area (Å²) in [7, 11) is 1.82. The second-order valence-electron chi connectivity index (χ2n) is 6.37. The van der Waals surface area contributed by atoms with E-state index >= 15 is 0 Å². The lowest BCUT2D eigenvalue weighted by molar-refractivity contribution is 0.00680. The minimum atomic E-state index is 0.0221. The lowest BCUT2D eigenvalue weighted by atomic mass is 9.81. The zero-order chi connectivity index (χ0) is 12.2. The molecule has 0 amide bonds. The standard InChI is InChI=1S/C14H29NO/c1-12(2)11-14(7-6-10-15-14)9-8-13(3,4)16-5/h12,15H,6-11H2,1-5H3. The smallest absolute Gasteiger partial charge is 0.0623 e. The van der Waals surface area contributed by atoms with Crippen LogP contribution in [0, 0.1) is 5.92 Å². The van der Waals surface area contributed by atoms with E-state index in [-0.39, 0.29) is 5.60 Å². The van der Waals surface area contributed by atoms with Crippen molar-refractivity contribution < 1.29 is 4.74 Å². The second kappa shape index (κ2) is 5.50. The molecule has 0 radical (unpaired) electrons. The fourth-order valence-corrected chi connectivity index (χ4v) is 2.78. The van der Waals surface area contributed by atoms with Gasteiger partial charge in [-0.25, -0.2) is 0 Å². The molecule has 1 rings (SSSR count). The van der Waals surface area contributed by atoms with Gasteiger partial charge in [0.2, 0.25) is 0 Å². The van der Waals surface area contributed by atoms with Crippen molar-refractivity contribution in [2.45, 2.75) is 70.9 Å². The van der Waals surface area contributed by atoms with Crippen molar-refractivity contribution in [3.63, 3.8) is 0 Å². The summed E-state index contributed by atoms with van der Waals surface area (Å²) in [5.74, 6) is 0.774. The molecule has 0 spiro atoms. The molecule has 16 heavy (non-hydrogen) atoms. The predicted octanol–water partition coefficient (Wildman–Crippen LogP) is 3.36. The third-order valence-corrected chi connectivity index (χ3v) is 3.89. The molecule has 2 heteroatoms. The van der Waals surface area contributed by atoms with Crippen molar-refractivity contribution >= 4 is 0 Å². The van der Waals surface area contributed by atoms with Crippen LogP contribution in [0.15, 0.2) is 0 Å². The summed E-state index contributed by atoms with van der Waals surface area (Å²) in [6, 6.07) is 0. The van der Waals surface area contributed by atoms with E-state index in [0.29, 0.717) is 5.54 Å². The van der Waals surface area contributed by atoms with Crippen molar-refractivity contribution in [3.8, 4) is 0 Å². The maximum atomic E-state index is 5.52. The van der Waals surface area contributed by atoms with Crippen LogP contribution in [-0.4, -0.2) is 24.8 Å². The number of ether oxygens (including phenoxy) is 1. The van der Waals surface area contributed by atoms with Crippen molar-refractivity contribution in [2.75, 3.05) is 13.7 Å². The second-order valence-corrected chi connectivity index (χ2v) is 6.37. The van der Waals surface area contributed by atoms with Crippen LogP contribution in [0.4, 0.5) is 0 Å². The normalized spacial score (nSPS) is 26.6. The molecule has 0 aliphatic carbocycles. The van der Waals surface area contributed by atoms with Gasteiger partial charge in [-0.15, -0.1) is 0 Å². The van der Waals surface area contributed by atoms with Gasteiger partial charge in [-0.3, -0.25) is 0 Å². The lowest BCUT2D eigenvalue weighted by Gasteiger charge is -2.35. The first-order valence-electron chi connectivity index (χ1n) is 6.69. The molecular formula is C14H29NO. The van der Waals surface area contributed by atoms with E-state index in [1.54, 1.807) is 0 Å². The van der Waals surface area contributed by atoms with E-state index in [2.05, 4.69) is 33.0 Å². The van der Waals surface area contributed by atoms with Gasteiger partial charge in [-0.1, -0.05) is 13.8 Å². The Morgan fingerprint density at radius 3 is 2.50 bits per heavy atom. The highest BCUT2D eigenvalue weighted by Crippen LogP contribution is 2.33. The summed E-state index contributed by atoms with van der Waals surface area (Å²) >= 11 is 0. The Balaban J connectivity index is 2.51. The van der Waals surface area contributed by atoms with Crippen LogP contribution in [0.5, 0.6) is 0 Å². The summed E-state index contributed by atoms with van der Waals surface area (Å²) in [5.41, 5.74) is 0.415. The van der Waals surface area contributed by atoms with Gasteiger partial charge < -0.3 is 10.1 Å². The summed E-state index contributed by atoms with van der Waals surface area (Å²) in [4.78, 5) is 0. The number of rotatable bonds is 6. The Morgan fingerprint density at radius 2 is 2.06 bits per heavy atom. The highest BCUT2D eigenvalue weighted by atomic mass is 16.5. The Morgan fingerprint density at radius 1 is 1.38 bits per heavy atom. The molecule has 1 saturated heterocycles. The first-order valence-corrected chi connectivity index (χ1v) is 6.69. The Bertz CT molecular complexity index is 205. The molecule has 1 fully saturated rings.